The van der Waals surface area contributed by atoms with Gasteiger partial charge in [0.1, 0.15) is 0 Å². The molecule has 0 spiro atoms. The SMILES string of the molecule is COc1ccc(CNCC(F)(F)C(F)F)cc1[N+](=O)[O-]. The lowest BCUT2D eigenvalue weighted by atomic mass is 10.2. The lowest BCUT2D eigenvalue weighted by Crippen LogP contribution is -2.38. The van der Waals surface area contributed by atoms with Crippen LogP contribution in [0.1, 0.15) is 5.56 Å². The van der Waals surface area contributed by atoms with E-state index in [1.54, 1.807) is 0 Å². The monoisotopic (exact) mass is 296 g/mol. The fourth-order valence-electron chi connectivity index (χ4n) is 1.44. The smallest absolute Gasteiger partial charge is 0.319 e. The third kappa shape index (κ3) is 4.05. The largest absolute Gasteiger partial charge is 0.490 e. The quantitative estimate of drug-likeness (QED) is 0.477. The molecular weight excluding hydrogens is 284 g/mol. The van der Waals surface area contributed by atoms with E-state index in [9.17, 15) is 27.7 Å². The lowest BCUT2D eigenvalue weighted by Gasteiger charge is -2.15. The molecule has 0 amide bonds. The van der Waals surface area contributed by atoms with Crippen molar-refractivity contribution >= 4 is 5.69 Å². The van der Waals surface area contributed by atoms with Crippen molar-refractivity contribution in [1.29, 1.82) is 0 Å². The average Bonchev–Trinajstić information content (AvgIpc) is 2.38. The number of halogens is 4. The second-order valence-electron chi connectivity index (χ2n) is 3.93. The molecule has 0 saturated carbocycles. The molecule has 0 bridgehead atoms. The van der Waals surface area contributed by atoms with E-state index in [2.05, 4.69) is 5.32 Å². The summed E-state index contributed by atoms with van der Waals surface area (Å²) in [6.07, 6.45) is -3.76. The molecule has 0 saturated heterocycles. The number of nitrogens with zero attached hydrogens (tertiary/aromatic N) is 1. The van der Waals surface area contributed by atoms with Crippen molar-refractivity contribution in [2.45, 2.75) is 18.9 Å². The van der Waals surface area contributed by atoms with Crippen LogP contribution < -0.4 is 10.1 Å². The molecular formula is C11H12F4N2O3. The van der Waals surface area contributed by atoms with Crippen molar-refractivity contribution in [1.82, 2.24) is 5.32 Å². The summed E-state index contributed by atoms with van der Waals surface area (Å²) >= 11 is 0. The van der Waals surface area contributed by atoms with Crippen LogP contribution in [0.4, 0.5) is 23.2 Å². The van der Waals surface area contributed by atoms with Crippen molar-refractivity contribution in [2.75, 3.05) is 13.7 Å². The molecule has 1 aromatic carbocycles. The highest BCUT2D eigenvalue weighted by Crippen LogP contribution is 2.27. The van der Waals surface area contributed by atoms with E-state index in [4.69, 9.17) is 4.74 Å². The van der Waals surface area contributed by atoms with Gasteiger partial charge in [0.25, 0.3) is 0 Å². The number of nitro groups is 1. The van der Waals surface area contributed by atoms with Gasteiger partial charge in [-0.05, 0) is 11.6 Å². The number of rotatable bonds is 7. The molecule has 0 heterocycles. The van der Waals surface area contributed by atoms with Gasteiger partial charge in [0, 0.05) is 12.6 Å². The number of hydrogen-bond acceptors (Lipinski definition) is 4. The molecule has 9 heteroatoms. The van der Waals surface area contributed by atoms with Crippen molar-refractivity contribution in [3.63, 3.8) is 0 Å². The number of hydrogen-bond donors (Lipinski definition) is 1. The molecule has 112 valence electrons. The third-order valence-corrected chi connectivity index (χ3v) is 2.45. The Morgan fingerprint density at radius 1 is 1.45 bits per heavy atom. The van der Waals surface area contributed by atoms with Crippen LogP contribution in [-0.4, -0.2) is 30.9 Å². The van der Waals surface area contributed by atoms with E-state index < -0.39 is 23.8 Å². The minimum absolute atomic E-state index is 0.0247. The molecule has 20 heavy (non-hydrogen) atoms. The fraction of sp³-hybridized carbons (Fsp3) is 0.455. The predicted molar refractivity (Wildman–Crippen MR) is 62.3 cm³/mol. The lowest BCUT2D eigenvalue weighted by molar-refractivity contribution is -0.385. The molecule has 1 N–H and O–H groups in total. The van der Waals surface area contributed by atoms with Crippen molar-refractivity contribution in [3.8, 4) is 5.75 Å². The zero-order valence-corrected chi connectivity index (χ0v) is 10.4. The number of benzene rings is 1. The molecule has 0 fully saturated rings. The molecule has 0 aliphatic heterocycles. The molecule has 1 aromatic rings. The van der Waals surface area contributed by atoms with Gasteiger partial charge < -0.3 is 10.1 Å². The van der Waals surface area contributed by atoms with E-state index in [0.717, 1.165) is 6.07 Å². The Morgan fingerprint density at radius 2 is 2.10 bits per heavy atom. The van der Waals surface area contributed by atoms with Gasteiger partial charge in [0.2, 0.25) is 0 Å². The van der Waals surface area contributed by atoms with Crippen molar-refractivity contribution in [3.05, 3.63) is 33.9 Å². The van der Waals surface area contributed by atoms with E-state index in [-0.39, 0.29) is 18.0 Å². The van der Waals surface area contributed by atoms with Crippen LogP contribution in [-0.2, 0) is 6.54 Å². The fourth-order valence-corrected chi connectivity index (χ4v) is 1.44. The van der Waals surface area contributed by atoms with Gasteiger partial charge in [-0.2, -0.15) is 8.78 Å². The van der Waals surface area contributed by atoms with Gasteiger partial charge in [0.15, 0.2) is 5.75 Å². The Hall–Kier alpha value is -1.90. The highest BCUT2D eigenvalue weighted by atomic mass is 19.3. The first-order valence-corrected chi connectivity index (χ1v) is 5.46. The molecule has 0 unspecified atom stereocenters. The summed E-state index contributed by atoms with van der Waals surface area (Å²) in [4.78, 5) is 10.1. The van der Waals surface area contributed by atoms with Crippen LogP contribution in [0.25, 0.3) is 0 Å². The van der Waals surface area contributed by atoms with Crippen LogP contribution >= 0.6 is 0 Å². The summed E-state index contributed by atoms with van der Waals surface area (Å²) in [6, 6.07) is 3.85. The molecule has 0 aliphatic carbocycles. The van der Waals surface area contributed by atoms with Crippen LogP contribution in [0.5, 0.6) is 5.75 Å². The zero-order chi connectivity index (χ0) is 15.3. The van der Waals surface area contributed by atoms with Crippen LogP contribution in [0, 0.1) is 10.1 Å². The van der Waals surface area contributed by atoms with Gasteiger partial charge in [-0.15, -0.1) is 0 Å². The second-order valence-corrected chi connectivity index (χ2v) is 3.93. The van der Waals surface area contributed by atoms with Gasteiger partial charge >= 0.3 is 18.0 Å². The maximum Gasteiger partial charge on any atom is 0.319 e. The summed E-state index contributed by atoms with van der Waals surface area (Å²) < 4.78 is 53.9. The number of nitrogens with one attached hydrogen (secondary N) is 1. The standard InChI is InChI=1S/C11H12F4N2O3/c1-20-9-3-2-7(4-8(9)17(18)19)5-16-6-11(14,15)10(12)13/h2-4,10,16H,5-6H2,1H3. The van der Waals surface area contributed by atoms with Crippen LogP contribution in [0.15, 0.2) is 18.2 Å². The van der Waals surface area contributed by atoms with Gasteiger partial charge in [-0.3, -0.25) is 10.1 Å². The normalized spacial score (nSPS) is 11.7. The number of methoxy groups -OCH3 is 1. The highest BCUT2D eigenvalue weighted by molar-refractivity contribution is 5.48. The Bertz CT molecular complexity index is 483. The first kappa shape index (κ1) is 16.2. The molecule has 5 nitrogen and oxygen atoms in total. The summed E-state index contributed by atoms with van der Waals surface area (Å²) in [5.41, 5.74) is -0.0185. The van der Waals surface area contributed by atoms with Crippen molar-refractivity contribution in [2.24, 2.45) is 0 Å². The van der Waals surface area contributed by atoms with Gasteiger partial charge in [-0.25, -0.2) is 8.78 Å². The topological polar surface area (TPSA) is 64.4 Å². The van der Waals surface area contributed by atoms with Crippen LogP contribution in [0.3, 0.4) is 0 Å². The van der Waals surface area contributed by atoms with Gasteiger partial charge in [0.05, 0.1) is 18.6 Å². The number of alkyl halides is 4. The number of ether oxygens (including phenoxy) is 1. The number of nitro benzene ring substituents is 1. The predicted octanol–water partition coefficient (Wildman–Crippen LogP) is 2.59. The second kappa shape index (κ2) is 6.51. The maximum absolute atomic E-state index is 12.6. The van der Waals surface area contributed by atoms with E-state index in [0.29, 0.717) is 5.56 Å². The van der Waals surface area contributed by atoms with Crippen molar-refractivity contribution < 1.29 is 27.2 Å². The van der Waals surface area contributed by atoms with E-state index in [1.807, 2.05) is 0 Å². The first-order valence-electron chi connectivity index (χ1n) is 5.46. The summed E-state index contributed by atoms with van der Waals surface area (Å²) in [5, 5.41) is 12.9. The molecule has 0 atom stereocenters. The maximum atomic E-state index is 12.6. The average molecular weight is 296 g/mol. The molecule has 0 aliphatic rings. The Kier molecular flexibility index (Phi) is 5.26. The Labute approximate surface area is 111 Å². The van der Waals surface area contributed by atoms with Gasteiger partial charge in [-0.1, -0.05) is 6.07 Å². The third-order valence-electron chi connectivity index (χ3n) is 2.45. The summed E-state index contributed by atoms with van der Waals surface area (Å²) in [7, 11) is 1.25. The Balaban J connectivity index is 2.70. The molecule has 0 aromatic heterocycles. The summed E-state index contributed by atoms with van der Waals surface area (Å²) in [6.45, 7) is -1.42. The minimum Gasteiger partial charge on any atom is -0.490 e. The molecule has 0 radical (unpaired) electrons. The zero-order valence-electron chi connectivity index (χ0n) is 10.4. The first-order chi connectivity index (χ1) is 9.27. The van der Waals surface area contributed by atoms with Crippen LogP contribution in [0.2, 0.25) is 0 Å². The summed E-state index contributed by atoms with van der Waals surface area (Å²) in [5.74, 6) is -4.12. The molecule has 1 rings (SSSR count). The Morgan fingerprint density at radius 3 is 2.60 bits per heavy atom. The minimum atomic E-state index is -4.14. The highest BCUT2D eigenvalue weighted by Gasteiger charge is 2.39. The van der Waals surface area contributed by atoms with E-state index >= 15 is 0 Å². The van der Waals surface area contributed by atoms with E-state index in [1.165, 1.54) is 19.2 Å².